The number of thiophene rings is 1. The average molecular weight is 407 g/mol. The van der Waals surface area contributed by atoms with Gasteiger partial charge in [-0.1, -0.05) is 0 Å². The van der Waals surface area contributed by atoms with Crippen LogP contribution in [-0.2, 0) is 17.6 Å². The molecule has 0 radical (unpaired) electrons. The van der Waals surface area contributed by atoms with E-state index in [2.05, 4.69) is 15.3 Å². The summed E-state index contributed by atoms with van der Waals surface area (Å²) in [5.41, 5.74) is 2.03. The molecule has 7 nitrogen and oxygen atoms in total. The summed E-state index contributed by atoms with van der Waals surface area (Å²) >= 11 is 1.77. The smallest absolute Gasteiger partial charge is 0.183 e. The molecule has 0 fully saturated rings. The van der Waals surface area contributed by atoms with Gasteiger partial charge in [-0.2, -0.15) is 0 Å². The molecule has 1 aliphatic carbocycles. The molecule has 0 aliphatic heterocycles. The number of fused-ring (bicyclic) bond motifs is 3. The van der Waals surface area contributed by atoms with Crippen LogP contribution >= 0.6 is 11.3 Å². The summed E-state index contributed by atoms with van der Waals surface area (Å²) in [5, 5.41) is 4.68. The van der Waals surface area contributed by atoms with Gasteiger partial charge in [-0.25, -0.2) is 15.0 Å². The first kappa shape index (κ1) is 18.2. The Morgan fingerprint density at radius 1 is 1.24 bits per heavy atom. The van der Waals surface area contributed by atoms with Crippen LogP contribution in [0.15, 0.2) is 41.4 Å². The van der Waals surface area contributed by atoms with Gasteiger partial charge in [-0.3, -0.25) is 4.98 Å². The summed E-state index contributed by atoms with van der Waals surface area (Å²) in [4.78, 5) is 20.7. The van der Waals surface area contributed by atoms with Crippen LogP contribution in [0.4, 0.5) is 5.82 Å². The molecule has 148 valence electrons. The molecule has 0 spiro atoms. The molecular formula is C21H21N5O2S. The van der Waals surface area contributed by atoms with Crippen LogP contribution in [0.3, 0.4) is 0 Å². The molecule has 0 saturated heterocycles. The Morgan fingerprint density at radius 2 is 2.17 bits per heavy atom. The highest BCUT2D eigenvalue weighted by atomic mass is 32.1. The van der Waals surface area contributed by atoms with E-state index >= 15 is 0 Å². The molecule has 4 aromatic heterocycles. The average Bonchev–Trinajstić information content (AvgIpc) is 3.42. The minimum atomic E-state index is -0.151. The third-order valence-electron chi connectivity index (χ3n) is 5.14. The maximum Gasteiger partial charge on any atom is 0.183 e. The van der Waals surface area contributed by atoms with Gasteiger partial charge in [0.25, 0.3) is 0 Å². The van der Waals surface area contributed by atoms with Gasteiger partial charge in [0.15, 0.2) is 5.82 Å². The molecular weight excluding hydrogens is 386 g/mol. The summed E-state index contributed by atoms with van der Waals surface area (Å²) in [6.07, 6.45) is 11.3. The van der Waals surface area contributed by atoms with Gasteiger partial charge in [-0.05, 0) is 43.4 Å². The predicted molar refractivity (Wildman–Crippen MR) is 112 cm³/mol. The first-order valence-corrected chi connectivity index (χ1v) is 10.5. The van der Waals surface area contributed by atoms with E-state index in [1.54, 1.807) is 43.3 Å². The minimum Gasteiger partial charge on any atom is -0.467 e. The van der Waals surface area contributed by atoms with Gasteiger partial charge in [0.05, 0.1) is 24.5 Å². The molecule has 0 bridgehead atoms. The Bertz CT molecular complexity index is 1110. The number of nitrogens with zero attached hydrogens (tertiary/aromatic N) is 4. The number of rotatable bonds is 6. The zero-order valence-corrected chi connectivity index (χ0v) is 16.9. The number of nitrogens with one attached hydrogen (secondary N) is 1. The van der Waals surface area contributed by atoms with Crippen molar-refractivity contribution in [1.82, 2.24) is 19.9 Å². The molecule has 5 rings (SSSR count). The number of hydrogen-bond donors (Lipinski definition) is 1. The highest BCUT2D eigenvalue weighted by Crippen LogP contribution is 2.40. The van der Waals surface area contributed by atoms with Crippen LogP contribution in [0.1, 0.15) is 35.1 Å². The van der Waals surface area contributed by atoms with Crippen molar-refractivity contribution in [3.63, 3.8) is 0 Å². The topological polar surface area (TPSA) is 86.0 Å². The molecule has 0 aromatic carbocycles. The molecule has 0 saturated carbocycles. The van der Waals surface area contributed by atoms with Crippen molar-refractivity contribution in [1.29, 1.82) is 0 Å². The fraction of sp³-hybridized carbons (Fsp3) is 0.333. The third-order valence-corrected chi connectivity index (χ3v) is 6.32. The number of methoxy groups -OCH3 is 1. The van der Waals surface area contributed by atoms with Crippen molar-refractivity contribution in [3.8, 4) is 11.5 Å². The van der Waals surface area contributed by atoms with Crippen LogP contribution in [0, 0.1) is 0 Å². The normalized spacial score (nSPS) is 14.7. The van der Waals surface area contributed by atoms with Gasteiger partial charge in [0.1, 0.15) is 28.1 Å². The molecule has 4 heterocycles. The molecule has 4 aromatic rings. The standard InChI is InChI=1S/C21H21N5O2S/c1-27-12-15(16-6-4-10-28-16)24-20-18-13-5-2-3-7-17(13)29-21(18)26-19(25-20)14-11-22-8-9-23-14/h4,6,8-11,15H,2-3,5,7,12H2,1H3,(H,24,25,26). The van der Waals surface area contributed by atoms with E-state index in [0.29, 0.717) is 18.1 Å². The van der Waals surface area contributed by atoms with Crippen LogP contribution in [-0.4, -0.2) is 33.7 Å². The second-order valence-corrected chi connectivity index (χ2v) is 8.13. The Labute approximate surface area is 172 Å². The molecule has 1 N–H and O–H groups in total. The third kappa shape index (κ3) is 3.49. The lowest BCUT2D eigenvalue weighted by Gasteiger charge is -2.18. The Kier molecular flexibility index (Phi) is 4.95. The van der Waals surface area contributed by atoms with Crippen LogP contribution in [0.25, 0.3) is 21.7 Å². The maximum absolute atomic E-state index is 5.64. The van der Waals surface area contributed by atoms with Gasteiger partial charge in [0.2, 0.25) is 0 Å². The second-order valence-electron chi connectivity index (χ2n) is 7.05. The van der Waals surface area contributed by atoms with E-state index in [1.807, 2.05) is 12.1 Å². The minimum absolute atomic E-state index is 0.151. The molecule has 0 amide bonds. The van der Waals surface area contributed by atoms with E-state index < -0.39 is 0 Å². The zero-order chi connectivity index (χ0) is 19.6. The number of aryl methyl sites for hydroxylation is 2. The number of ether oxygens (including phenoxy) is 1. The first-order valence-electron chi connectivity index (χ1n) is 9.71. The maximum atomic E-state index is 5.64. The van der Waals surface area contributed by atoms with Crippen molar-refractivity contribution >= 4 is 27.4 Å². The largest absolute Gasteiger partial charge is 0.467 e. The Morgan fingerprint density at radius 3 is 2.97 bits per heavy atom. The summed E-state index contributed by atoms with van der Waals surface area (Å²) in [5.74, 6) is 2.18. The lowest BCUT2D eigenvalue weighted by molar-refractivity contribution is 0.178. The molecule has 1 atom stereocenters. The first-order chi connectivity index (χ1) is 14.3. The lowest BCUT2D eigenvalue weighted by Crippen LogP contribution is -2.17. The predicted octanol–water partition coefficient (Wildman–Crippen LogP) is 4.42. The van der Waals surface area contributed by atoms with Crippen molar-refractivity contribution in [2.45, 2.75) is 31.7 Å². The fourth-order valence-electron chi connectivity index (χ4n) is 3.81. The van der Waals surface area contributed by atoms with Gasteiger partial charge < -0.3 is 14.5 Å². The Hall–Kier alpha value is -2.84. The van der Waals surface area contributed by atoms with Crippen molar-refractivity contribution in [3.05, 3.63) is 53.2 Å². The zero-order valence-electron chi connectivity index (χ0n) is 16.1. The quantitative estimate of drug-likeness (QED) is 0.506. The fourth-order valence-corrected chi connectivity index (χ4v) is 5.07. The van der Waals surface area contributed by atoms with E-state index in [4.69, 9.17) is 19.1 Å². The van der Waals surface area contributed by atoms with Gasteiger partial charge in [0, 0.05) is 24.4 Å². The summed E-state index contributed by atoms with van der Waals surface area (Å²) < 4.78 is 11.1. The molecule has 1 unspecified atom stereocenters. The highest BCUT2D eigenvalue weighted by molar-refractivity contribution is 7.19. The van der Waals surface area contributed by atoms with Crippen molar-refractivity contribution < 1.29 is 9.15 Å². The van der Waals surface area contributed by atoms with Crippen LogP contribution in [0.2, 0.25) is 0 Å². The molecule has 1 aliphatic rings. The second kappa shape index (κ2) is 7.88. The van der Waals surface area contributed by atoms with Crippen molar-refractivity contribution in [2.24, 2.45) is 0 Å². The van der Waals surface area contributed by atoms with Gasteiger partial charge >= 0.3 is 0 Å². The highest BCUT2D eigenvalue weighted by Gasteiger charge is 2.24. The molecule has 8 heteroatoms. The Balaban J connectivity index is 1.66. The van der Waals surface area contributed by atoms with Crippen LogP contribution in [0.5, 0.6) is 0 Å². The number of furan rings is 1. The number of anilines is 1. The summed E-state index contributed by atoms with van der Waals surface area (Å²) in [6.45, 7) is 0.464. The lowest BCUT2D eigenvalue weighted by atomic mass is 9.97. The van der Waals surface area contributed by atoms with Crippen molar-refractivity contribution in [2.75, 3.05) is 19.0 Å². The van der Waals surface area contributed by atoms with Crippen LogP contribution < -0.4 is 5.32 Å². The monoisotopic (exact) mass is 407 g/mol. The van der Waals surface area contributed by atoms with E-state index in [9.17, 15) is 0 Å². The molecule has 29 heavy (non-hydrogen) atoms. The summed E-state index contributed by atoms with van der Waals surface area (Å²) in [7, 11) is 1.69. The summed E-state index contributed by atoms with van der Waals surface area (Å²) in [6, 6.07) is 3.68. The van der Waals surface area contributed by atoms with Gasteiger partial charge in [-0.15, -0.1) is 11.3 Å². The van der Waals surface area contributed by atoms with E-state index in [1.165, 1.54) is 23.3 Å². The number of aromatic nitrogens is 4. The number of hydrogen-bond acceptors (Lipinski definition) is 8. The van der Waals surface area contributed by atoms with E-state index in [0.717, 1.165) is 34.6 Å². The SMILES string of the molecule is COCC(Nc1nc(-c2cnccn2)nc2sc3c(c12)CCCC3)c1ccco1. The van der Waals surface area contributed by atoms with E-state index in [-0.39, 0.29) is 6.04 Å².